The van der Waals surface area contributed by atoms with Crippen LogP contribution in [0.2, 0.25) is 0 Å². The number of hydrogen-bond donors (Lipinski definition) is 1. The number of ether oxygens (including phenoxy) is 2. The molecule has 164 valence electrons. The highest BCUT2D eigenvalue weighted by Crippen LogP contribution is 2.41. The van der Waals surface area contributed by atoms with Crippen molar-refractivity contribution in [3.05, 3.63) is 35.4 Å². The lowest BCUT2D eigenvalue weighted by Gasteiger charge is -2.28. The van der Waals surface area contributed by atoms with Gasteiger partial charge in [0.2, 0.25) is 17.7 Å². The first-order valence-corrected chi connectivity index (χ1v) is 10.2. The molecule has 2 rings (SSSR count). The van der Waals surface area contributed by atoms with E-state index in [2.05, 4.69) is 5.32 Å². The fraction of sp³-hybridized carbons (Fsp3) is 0.545. The van der Waals surface area contributed by atoms with Crippen molar-refractivity contribution in [2.45, 2.75) is 44.9 Å². The number of nitrogens with zero attached hydrogens (tertiary/aromatic N) is 1. The summed E-state index contributed by atoms with van der Waals surface area (Å²) in [5.41, 5.74) is 0.276. The Balaban J connectivity index is 2.21. The van der Waals surface area contributed by atoms with Crippen LogP contribution in [0.1, 0.15) is 43.7 Å². The maximum Gasteiger partial charge on any atom is 0.307 e. The van der Waals surface area contributed by atoms with Gasteiger partial charge in [0, 0.05) is 39.6 Å². The average Bonchev–Trinajstić information content (AvgIpc) is 2.93. The van der Waals surface area contributed by atoms with Crippen molar-refractivity contribution in [2.75, 3.05) is 33.4 Å². The van der Waals surface area contributed by atoms with Gasteiger partial charge in [0.05, 0.1) is 18.4 Å². The Morgan fingerprint density at radius 2 is 1.97 bits per heavy atom. The molecule has 1 atom stereocenters. The lowest BCUT2D eigenvalue weighted by atomic mass is 9.74. The number of carbonyl (C=O) groups excluding carboxylic acids is 4. The lowest BCUT2D eigenvalue weighted by molar-refractivity contribution is -0.144. The zero-order valence-corrected chi connectivity index (χ0v) is 17.9. The zero-order valence-electron chi connectivity index (χ0n) is 17.9. The molecule has 1 heterocycles. The molecule has 1 fully saturated rings. The minimum atomic E-state index is -1.25. The highest BCUT2D eigenvalue weighted by atomic mass is 16.5. The van der Waals surface area contributed by atoms with E-state index < -0.39 is 11.4 Å². The molecular formula is C22H30N2O6. The SMILES string of the molecule is CCOC(=O)CCNC(=O)C[C@]1(c2ccccc2C)CC(=O)N(CCCOC)C1=O. The molecule has 1 aromatic carbocycles. The second-order valence-electron chi connectivity index (χ2n) is 7.35. The van der Waals surface area contributed by atoms with Gasteiger partial charge in [0.1, 0.15) is 0 Å². The van der Waals surface area contributed by atoms with Gasteiger partial charge < -0.3 is 14.8 Å². The number of esters is 1. The molecule has 8 nitrogen and oxygen atoms in total. The van der Waals surface area contributed by atoms with Gasteiger partial charge in [-0.2, -0.15) is 0 Å². The van der Waals surface area contributed by atoms with Gasteiger partial charge in [-0.25, -0.2) is 0 Å². The smallest absolute Gasteiger partial charge is 0.307 e. The standard InChI is InChI=1S/C22H30N2O6/c1-4-30-20(27)10-11-23-18(25)14-22(17-9-6-5-8-16(17)2)15-19(26)24(21(22)28)12-7-13-29-3/h5-6,8-9H,4,7,10-15H2,1-3H3,(H,23,25)/t22-/m1/s1. The monoisotopic (exact) mass is 418 g/mol. The third-order valence-electron chi connectivity index (χ3n) is 5.22. The van der Waals surface area contributed by atoms with Crippen LogP contribution in [0.5, 0.6) is 0 Å². The molecule has 1 N–H and O–H groups in total. The number of amides is 3. The fourth-order valence-corrected chi connectivity index (χ4v) is 3.82. The van der Waals surface area contributed by atoms with Gasteiger partial charge >= 0.3 is 5.97 Å². The molecule has 0 unspecified atom stereocenters. The first-order chi connectivity index (χ1) is 14.4. The molecule has 0 aliphatic carbocycles. The van der Waals surface area contributed by atoms with Crippen LogP contribution < -0.4 is 5.32 Å². The van der Waals surface area contributed by atoms with Gasteiger partial charge in [0.15, 0.2) is 0 Å². The number of benzene rings is 1. The summed E-state index contributed by atoms with van der Waals surface area (Å²) in [6.07, 6.45) is 0.359. The summed E-state index contributed by atoms with van der Waals surface area (Å²) < 4.78 is 9.87. The second-order valence-corrected chi connectivity index (χ2v) is 7.35. The molecule has 30 heavy (non-hydrogen) atoms. The van der Waals surface area contributed by atoms with Crippen molar-refractivity contribution >= 4 is 23.7 Å². The largest absolute Gasteiger partial charge is 0.466 e. The van der Waals surface area contributed by atoms with E-state index in [1.807, 2.05) is 19.1 Å². The highest BCUT2D eigenvalue weighted by Gasteiger charge is 2.53. The van der Waals surface area contributed by atoms with Gasteiger partial charge in [-0.3, -0.25) is 24.1 Å². The topological polar surface area (TPSA) is 102 Å². The van der Waals surface area contributed by atoms with E-state index in [1.54, 1.807) is 26.2 Å². The summed E-state index contributed by atoms with van der Waals surface area (Å²) in [5, 5.41) is 2.67. The number of carbonyl (C=O) groups is 4. The van der Waals surface area contributed by atoms with Crippen molar-refractivity contribution in [1.82, 2.24) is 10.2 Å². The minimum absolute atomic E-state index is 0.0486. The summed E-state index contributed by atoms with van der Waals surface area (Å²) in [5.74, 6) is -1.44. The predicted octanol–water partition coefficient (Wildman–Crippen LogP) is 1.49. The van der Waals surface area contributed by atoms with Crippen molar-refractivity contribution in [2.24, 2.45) is 0 Å². The first-order valence-electron chi connectivity index (χ1n) is 10.2. The molecule has 0 saturated carbocycles. The van der Waals surface area contributed by atoms with E-state index in [4.69, 9.17) is 9.47 Å². The molecule has 0 aromatic heterocycles. The van der Waals surface area contributed by atoms with Crippen LogP contribution in [0.25, 0.3) is 0 Å². The minimum Gasteiger partial charge on any atom is -0.466 e. The van der Waals surface area contributed by atoms with E-state index in [1.165, 1.54) is 4.90 Å². The number of hydrogen-bond acceptors (Lipinski definition) is 6. The Bertz CT molecular complexity index is 794. The van der Waals surface area contributed by atoms with Crippen molar-refractivity contribution in [3.63, 3.8) is 0 Å². The van der Waals surface area contributed by atoms with Gasteiger partial charge in [0.25, 0.3) is 0 Å². The highest BCUT2D eigenvalue weighted by molar-refractivity contribution is 6.11. The van der Waals surface area contributed by atoms with E-state index in [9.17, 15) is 19.2 Å². The number of likely N-dealkylation sites (tertiary alicyclic amines) is 1. The summed E-state index contributed by atoms with van der Waals surface area (Å²) in [4.78, 5) is 51.5. The lowest BCUT2D eigenvalue weighted by Crippen LogP contribution is -2.43. The van der Waals surface area contributed by atoms with Gasteiger partial charge in [-0.05, 0) is 31.4 Å². The van der Waals surface area contributed by atoms with E-state index in [0.29, 0.717) is 18.6 Å². The molecule has 1 aromatic rings. The quantitative estimate of drug-likeness (QED) is 0.332. The maximum absolute atomic E-state index is 13.4. The normalized spacial score (nSPS) is 18.6. The van der Waals surface area contributed by atoms with Crippen LogP contribution in [-0.4, -0.2) is 62.0 Å². The Kier molecular flexibility index (Phi) is 8.53. The second kappa shape index (κ2) is 10.9. The molecule has 0 bridgehead atoms. The molecule has 3 amide bonds. The molecule has 1 saturated heterocycles. The van der Waals surface area contributed by atoms with Crippen LogP contribution in [0.4, 0.5) is 0 Å². The van der Waals surface area contributed by atoms with E-state index in [-0.39, 0.29) is 56.7 Å². The van der Waals surface area contributed by atoms with Crippen molar-refractivity contribution in [3.8, 4) is 0 Å². The predicted molar refractivity (Wildman–Crippen MR) is 110 cm³/mol. The molecule has 1 aliphatic rings. The van der Waals surface area contributed by atoms with E-state index in [0.717, 1.165) is 5.56 Å². The molecule has 8 heteroatoms. The number of aryl methyl sites for hydroxylation is 1. The van der Waals surface area contributed by atoms with Crippen LogP contribution in [0.15, 0.2) is 24.3 Å². The molecule has 0 spiro atoms. The molecule has 0 radical (unpaired) electrons. The Labute approximate surface area is 176 Å². The third-order valence-corrected chi connectivity index (χ3v) is 5.22. The first kappa shape index (κ1) is 23.5. The van der Waals surface area contributed by atoms with Gasteiger partial charge in [-0.15, -0.1) is 0 Å². The zero-order chi connectivity index (χ0) is 22.1. The fourth-order valence-electron chi connectivity index (χ4n) is 3.82. The van der Waals surface area contributed by atoms with E-state index >= 15 is 0 Å². The van der Waals surface area contributed by atoms with Crippen molar-refractivity contribution < 1.29 is 28.7 Å². The van der Waals surface area contributed by atoms with Crippen molar-refractivity contribution in [1.29, 1.82) is 0 Å². The number of rotatable bonds is 11. The average molecular weight is 418 g/mol. The Hall–Kier alpha value is -2.74. The Morgan fingerprint density at radius 3 is 2.63 bits per heavy atom. The van der Waals surface area contributed by atoms with Crippen LogP contribution in [0.3, 0.4) is 0 Å². The van der Waals surface area contributed by atoms with Crippen LogP contribution >= 0.6 is 0 Å². The summed E-state index contributed by atoms with van der Waals surface area (Å²) in [6.45, 7) is 4.65. The maximum atomic E-state index is 13.4. The summed E-state index contributed by atoms with van der Waals surface area (Å²) >= 11 is 0. The molecular weight excluding hydrogens is 388 g/mol. The number of imide groups is 1. The summed E-state index contributed by atoms with van der Waals surface area (Å²) in [6, 6.07) is 7.31. The number of methoxy groups -OCH3 is 1. The summed E-state index contributed by atoms with van der Waals surface area (Å²) in [7, 11) is 1.56. The molecule has 1 aliphatic heterocycles. The third kappa shape index (κ3) is 5.44. The van der Waals surface area contributed by atoms with Crippen LogP contribution in [-0.2, 0) is 34.1 Å². The number of nitrogens with one attached hydrogen (secondary N) is 1. The Morgan fingerprint density at radius 1 is 1.23 bits per heavy atom. The van der Waals surface area contributed by atoms with Gasteiger partial charge in [-0.1, -0.05) is 24.3 Å². The van der Waals surface area contributed by atoms with Crippen LogP contribution in [0, 0.1) is 6.92 Å².